The van der Waals surface area contributed by atoms with Crippen LogP contribution >= 0.6 is 11.6 Å². The van der Waals surface area contributed by atoms with Crippen molar-refractivity contribution >= 4 is 17.5 Å². The van der Waals surface area contributed by atoms with Crippen LogP contribution in [-0.2, 0) is 9.53 Å². The third-order valence-corrected chi connectivity index (χ3v) is 3.72. The third kappa shape index (κ3) is 3.69. The first-order chi connectivity index (χ1) is 9.10. The number of carbonyl (C=O) groups excluding carboxylic acids is 1. The fourth-order valence-electron chi connectivity index (χ4n) is 2.23. The van der Waals surface area contributed by atoms with Gasteiger partial charge in [-0.25, -0.2) is 0 Å². The van der Waals surface area contributed by atoms with Gasteiger partial charge in [0, 0.05) is 18.7 Å². The molecule has 0 radical (unpaired) electrons. The zero-order chi connectivity index (χ0) is 13.8. The molecular formula is C14H19ClN2O2. The summed E-state index contributed by atoms with van der Waals surface area (Å²) in [6.07, 6.45) is 0.844. The monoisotopic (exact) mass is 282 g/mol. The Bertz CT molecular complexity index is 436. The largest absolute Gasteiger partial charge is 0.380 e. The fourth-order valence-corrected chi connectivity index (χ4v) is 2.36. The van der Waals surface area contributed by atoms with Crippen LogP contribution in [0, 0.1) is 0 Å². The Labute approximate surface area is 118 Å². The van der Waals surface area contributed by atoms with E-state index in [9.17, 15) is 4.79 Å². The van der Waals surface area contributed by atoms with Crippen LogP contribution in [0.4, 0.5) is 0 Å². The average molecular weight is 283 g/mol. The van der Waals surface area contributed by atoms with Gasteiger partial charge >= 0.3 is 0 Å². The molecule has 1 aliphatic rings. The second kappa shape index (κ2) is 6.37. The molecule has 1 fully saturated rings. The van der Waals surface area contributed by atoms with Gasteiger partial charge in [-0.1, -0.05) is 23.7 Å². The second-order valence-corrected chi connectivity index (χ2v) is 5.27. The van der Waals surface area contributed by atoms with Gasteiger partial charge in [-0.15, -0.1) is 0 Å². The number of hydrogen-bond acceptors (Lipinski definition) is 3. The van der Waals surface area contributed by atoms with Crippen LogP contribution in [0.1, 0.15) is 24.9 Å². The van der Waals surface area contributed by atoms with Gasteiger partial charge in [0.05, 0.1) is 18.2 Å². The van der Waals surface area contributed by atoms with Crippen molar-refractivity contribution in [1.29, 1.82) is 0 Å². The molecule has 2 unspecified atom stereocenters. The van der Waals surface area contributed by atoms with Crippen molar-refractivity contribution in [3.05, 3.63) is 34.9 Å². The van der Waals surface area contributed by atoms with Crippen molar-refractivity contribution < 1.29 is 9.53 Å². The molecule has 5 heteroatoms. The highest BCUT2D eigenvalue weighted by molar-refractivity contribution is 6.30. The number of amides is 1. The molecule has 1 saturated heterocycles. The molecule has 0 saturated carbocycles. The summed E-state index contributed by atoms with van der Waals surface area (Å²) in [6, 6.07) is 7.30. The topological polar surface area (TPSA) is 50.4 Å². The lowest BCUT2D eigenvalue weighted by molar-refractivity contribution is -0.123. The number of ether oxygens (including phenoxy) is 1. The van der Waals surface area contributed by atoms with Crippen LogP contribution < -0.4 is 10.6 Å². The first-order valence-electron chi connectivity index (χ1n) is 6.42. The van der Waals surface area contributed by atoms with Gasteiger partial charge in [-0.05, 0) is 31.0 Å². The van der Waals surface area contributed by atoms with E-state index in [0.29, 0.717) is 5.02 Å². The maximum absolute atomic E-state index is 12.1. The van der Waals surface area contributed by atoms with E-state index in [2.05, 4.69) is 10.6 Å². The van der Waals surface area contributed by atoms with Gasteiger partial charge < -0.3 is 15.4 Å². The Hall–Kier alpha value is -1.10. The molecule has 0 bridgehead atoms. The molecule has 19 heavy (non-hydrogen) atoms. The minimum absolute atomic E-state index is 0.0157. The Kier molecular flexibility index (Phi) is 4.80. The van der Waals surface area contributed by atoms with Gasteiger partial charge in [-0.3, -0.25) is 4.79 Å². The summed E-state index contributed by atoms with van der Waals surface area (Å²) < 4.78 is 5.24. The molecular weight excluding hydrogens is 264 g/mol. The molecule has 0 aromatic heterocycles. The lowest BCUT2D eigenvalue weighted by Gasteiger charge is -2.17. The highest BCUT2D eigenvalue weighted by Crippen LogP contribution is 2.17. The van der Waals surface area contributed by atoms with Crippen LogP contribution in [0.5, 0.6) is 0 Å². The van der Waals surface area contributed by atoms with E-state index in [1.807, 2.05) is 31.2 Å². The van der Waals surface area contributed by atoms with Crippen LogP contribution in [0.15, 0.2) is 24.3 Å². The summed E-state index contributed by atoms with van der Waals surface area (Å²) in [5.41, 5.74) is 1.04. The number of carbonyl (C=O) groups is 1. The minimum atomic E-state index is -0.167. The second-order valence-electron chi connectivity index (χ2n) is 4.84. The number of nitrogens with one attached hydrogen (secondary N) is 2. The molecule has 104 valence electrons. The van der Waals surface area contributed by atoms with Crippen molar-refractivity contribution in [1.82, 2.24) is 10.6 Å². The fraction of sp³-hybridized carbons (Fsp3) is 0.500. The summed E-state index contributed by atoms with van der Waals surface area (Å²) in [6.45, 7) is 2.69. The highest BCUT2D eigenvalue weighted by atomic mass is 35.5. The molecule has 3 atom stereocenters. The maximum atomic E-state index is 12.1. The minimum Gasteiger partial charge on any atom is -0.380 e. The SMILES string of the molecule is COC1CNC(C(=O)N[C@@H](C)c2ccc(Cl)cc2)C1. The highest BCUT2D eigenvalue weighted by Gasteiger charge is 2.29. The molecule has 0 spiro atoms. The quantitative estimate of drug-likeness (QED) is 0.887. The molecule has 1 amide bonds. The Morgan fingerprint density at radius 3 is 2.74 bits per heavy atom. The molecule has 0 aliphatic carbocycles. The normalized spacial score (nSPS) is 24.2. The standard InChI is InChI=1S/C14H19ClN2O2/c1-9(10-3-5-11(15)6-4-10)17-14(18)13-7-12(19-2)8-16-13/h3-6,9,12-13,16H,7-8H2,1-2H3,(H,17,18)/t9-,12?,13?/m0/s1. The molecule has 1 aliphatic heterocycles. The van der Waals surface area contributed by atoms with E-state index >= 15 is 0 Å². The van der Waals surface area contributed by atoms with Crippen molar-refractivity contribution in [2.75, 3.05) is 13.7 Å². The van der Waals surface area contributed by atoms with Crippen LogP contribution in [-0.4, -0.2) is 31.7 Å². The van der Waals surface area contributed by atoms with Crippen LogP contribution in [0.25, 0.3) is 0 Å². The van der Waals surface area contributed by atoms with E-state index < -0.39 is 0 Å². The maximum Gasteiger partial charge on any atom is 0.237 e. The van der Waals surface area contributed by atoms with Crippen molar-refractivity contribution in [3.8, 4) is 0 Å². The Morgan fingerprint density at radius 1 is 1.47 bits per heavy atom. The first kappa shape index (κ1) is 14.3. The molecule has 4 nitrogen and oxygen atoms in total. The lowest BCUT2D eigenvalue weighted by atomic mass is 10.1. The molecule has 1 heterocycles. The van der Waals surface area contributed by atoms with Gasteiger partial charge in [0.15, 0.2) is 0 Å². The summed E-state index contributed by atoms with van der Waals surface area (Å²) in [5, 5.41) is 6.86. The number of hydrogen-bond donors (Lipinski definition) is 2. The van der Waals surface area contributed by atoms with E-state index in [-0.39, 0.29) is 24.1 Å². The van der Waals surface area contributed by atoms with Crippen LogP contribution in [0.3, 0.4) is 0 Å². The van der Waals surface area contributed by atoms with E-state index in [4.69, 9.17) is 16.3 Å². The molecule has 1 aromatic rings. The zero-order valence-corrected chi connectivity index (χ0v) is 11.9. The first-order valence-corrected chi connectivity index (χ1v) is 6.80. The molecule has 1 aromatic carbocycles. The number of methoxy groups -OCH3 is 1. The Balaban J connectivity index is 1.90. The Morgan fingerprint density at radius 2 is 2.16 bits per heavy atom. The number of benzene rings is 1. The van der Waals surface area contributed by atoms with Gasteiger partial charge in [0.2, 0.25) is 5.91 Å². The summed E-state index contributed by atoms with van der Waals surface area (Å²) in [4.78, 5) is 12.1. The summed E-state index contributed by atoms with van der Waals surface area (Å²) in [7, 11) is 1.67. The zero-order valence-electron chi connectivity index (χ0n) is 11.2. The molecule has 2 N–H and O–H groups in total. The predicted octanol–water partition coefficient (Wildman–Crippen LogP) is 1.89. The molecule has 2 rings (SSSR count). The average Bonchev–Trinajstić information content (AvgIpc) is 2.88. The van der Waals surface area contributed by atoms with E-state index in [1.165, 1.54) is 0 Å². The van der Waals surface area contributed by atoms with Gasteiger partial charge in [-0.2, -0.15) is 0 Å². The summed E-state index contributed by atoms with van der Waals surface area (Å²) >= 11 is 5.85. The summed E-state index contributed by atoms with van der Waals surface area (Å²) in [5.74, 6) is 0.0157. The van der Waals surface area contributed by atoms with Crippen molar-refractivity contribution in [2.24, 2.45) is 0 Å². The van der Waals surface area contributed by atoms with Gasteiger partial charge in [0.1, 0.15) is 0 Å². The van der Waals surface area contributed by atoms with Crippen molar-refractivity contribution in [2.45, 2.75) is 31.5 Å². The third-order valence-electron chi connectivity index (χ3n) is 3.47. The lowest BCUT2D eigenvalue weighted by Crippen LogP contribution is -2.41. The van der Waals surface area contributed by atoms with Crippen LogP contribution in [0.2, 0.25) is 5.02 Å². The number of halogens is 1. The number of rotatable bonds is 4. The van der Waals surface area contributed by atoms with Crippen molar-refractivity contribution in [3.63, 3.8) is 0 Å². The van der Waals surface area contributed by atoms with E-state index in [1.54, 1.807) is 7.11 Å². The van der Waals surface area contributed by atoms with E-state index in [0.717, 1.165) is 18.5 Å². The van der Waals surface area contributed by atoms with Gasteiger partial charge in [0.25, 0.3) is 0 Å². The predicted molar refractivity (Wildman–Crippen MR) is 75.2 cm³/mol. The smallest absolute Gasteiger partial charge is 0.237 e.